The minimum atomic E-state index is 0.533. The third-order valence-electron chi connectivity index (χ3n) is 4.39. The van der Waals surface area contributed by atoms with Crippen molar-refractivity contribution in [3.05, 3.63) is 59.1 Å². The zero-order valence-electron chi connectivity index (χ0n) is 16.9. The van der Waals surface area contributed by atoms with E-state index in [2.05, 4.69) is 10.2 Å². The highest BCUT2D eigenvalue weighted by Gasteiger charge is 2.13. The molecule has 6 nitrogen and oxygen atoms in total. The number of benzene rings is 2. The molecule has 0 N–H and O–H groups in total. The van der Waals surface area contributed by atoms with Crippen LogP contribution in [0.25, 0.3) is 22.0 Å². The molecule has 0 unspecified atom stereocenters. The first-order valence-electron chi connectivity index (χ1n) is 9.46. The molecule has 0 aliphatic carbocycles. The number of ether oxygens (including phenoxy) is 2. The lowest BCUT2D eigenvalue weighted by atomic mass is 10.1. The van der Waals surface area contributed by atoms with Gasteiger partial charge in [-0.15, -0.1) is 21.5 Å². The summed E-state index contributed by atoms with van der Waals surface area (Å²) in [4.78, 5) is 4.74. The van der Waals surface area contributed by atoms with Gasteiger partial charge in [0.2, 0.25) is 5.89 Å². The fourth-order valence-corrected chi connectivity index (χ4v) is 4.48. The van der Waals surface area contributed by atoms with Crippen molar-refractivity contribution in [3.63, 3.8) is 0 Å². The van der Waals surface area contributed by atoms with Gasteiger partial charge in [-0.25, -0.2) is 4.98 Å². The predicted molar refractivity (Wildman–Crippen MR) is 119 cm³/mol. The second-order valence-electron chi connectivity index (χ2n) is 6.42. The average molecular weight is 440 g/mol. The monoisotopic (exact) mass is 439 g/mol. The Morgan fingerprint density at radius 3 is 2.77 bits per heavy atom. The number of aryl methyl sites for hydroxylation is 1. The van der Waals surface area contributed by atoms with Crippen LogP contribution < -0.4 is 9.47 Å². The molecule has 0 radical (unpaired) electrons. The molecule has 0 atom stereocenters. The van der Waals surface area contributed by atoms with Crippen molar-refractivity contribution >= 4 is 23.1 Å². The Bertz CT molecular complexity index is 1140. The maximum absolute atomic E-state index is 5.82. The fourth-order valence-electron chi connectivity index (χ4n) is 2.91. The molecule has 0 saturated heterocycles. The van der Waals surface area contributed by atoms with Crippen LogP contribution in [0.15, 0.2) is 57.5 Å². The first-order valence-corrected chi connectivity index (χ1v) is 11.3. The third-order valence-corrected chi connectivity index (χ3v) is 6.18. The molecule has 2 aromatic heterocycles. The maximum Gasteiger partial charge on any atom is 0.277 e. The van der Waals surface area contributed by atoms with Crippen LogP contribution in [-0.2, 0) is 5.75 Å². The van der Waals surface area contributed by atoms with Crippen LogP contribution >= 0.6 is 23.1 Å². The lowest BCUT2D eigenvalue weighted by Gasteiger charge is -2.09. The standard InChI is InChI=1S/C22H21N3O3S2/c1-4-27-18-10-9-15(11-19(18)26-3)21-23-16(12-29-21)13-30-22-25-24-20(28-22)17-8-6-5-7-14(17)2/h5-12H,4,13H2,1-3H3. The molecule has 0 amide bonds. The number of methoxy groups -OCH3 is 1. The van der Waals surface area contributed by atoms with Gasteiger partial charge >= 0.3 is 0 Å². The van der Waals surface area contributed by atoms with Crippen LogP contribution in [0.3, 0.4) is 0 Å². The van der Waals surface area contributed by atoms with Gasteiger partial charge in [0, 0.05) is 22.3 Å². The van der Waals surface area contributed by atoms with Crippen LogP contribution in [0, 0.1) is 6.92 Å². The van der Waals surface area contributed by atoms with E-state index in [0.29, 0.717) is 29.2 Å². The molecular formula is C22H21N3O3S2. The zero-order valence-corrected chi connectivity index (χ0v) is 18.5. The van der Waals surface area contributed by atoms with Crippen molar-refractivity contribution < 1.29 is 13.9 Å². The quantitative estimate of drug-likeness (QED) is 0.318. The van der Waals surface area contributed by atoms with Gasteiger partial charge in [-0.2, -0.15) is 0 Å². The smallest absolute Gasteiger partial charge is 0.277 e. The van der Waals surface area contributed by atoms with Crippen LogP contribution in [0.2, 0.25) is 0 Å². The number of hydrogen-bond donors (Lipinski definition) is 0. The van der Waals surface area contributed by atoms with E-state index in [-0.39, 0.29) is 0 Å². The summed E-state index contributed by atoms with van der Waals surface area (Å²) in [5, 5.41) is 11.8. The van der Waals surface area contributed by atoms with Gasteiger partial charge in [-0.05, 0) is 43.7 Å². The average Bonchev–Trinajstić information content (AvgIpc) is 3.43. The van der Waals surface area contributed by atoms with Crippen molar-refractivity contribution in [2.75, 3.05) is 13.7 Å². The number of rotatable bonds is 8. The molecule has 2 aromatic carbocycles. The number of hydrogen-bond acceptors (Lipinski definition) is 8. The van der Waals surface area contributed by atoms with E-state index in [9.17, 15) is 0 Å². The third kappa shape index (κ3) is 4.49. The summed E-state index contributed by atoms with van der Waals surface area (Å²) < 4.78 is 16.8. The van der Waals surface area contributed by atoms with Gasteiger partial charge in [0.05, 0.1) is 19.4 Å². The Morgan fingerprint density at radius 1 is 1.10 bits per heavy atom. The van der Waals surface area contributed by atoms with Crippen molar-refractivity contribution in [3.8, 4) is 33.5 Å². The van der Waals surface area contributed by atoms with Crippen molar-refractivity contribution in [2.45, 2.75) is 24.8 Å². The van der Waals surface area contributed by atoms with E-state index < -0.39 is 0 Å². The summed E-state index contributed by atoms with van der Waals surface area (Å²) in [6.45, 7) is 4.57. The fraction of sp³-hybridized carbons (Fsp3) is 0.227. The molecule has 0 saturated carbocycles. The molecule has 8 heteroatoms. The summed E-state index contributed by atoms with van der Waals surface area (Å²) in [6.07, 6.45) is 0. The molecule has 0 aliphatic rings. The normalized spacial score (nSPS) is 10.9. The first kappa shape index (κ1) is 20.4. The Labute approximate surface area is 183 Å². The summed E-state index contributed by atoms with van der Waals surface area (Å²) >= 11 is 3.07. The lowest BCUT2D eigenvalue weighted by Crippen LogP contribution is -1.95. The van der Waals surface area contributed by atoms with Crippen molar-refractivity contribution in [1.29, 1.82) is 0 Å². The first-order chi connectivity index (χ1) is 14.7. The van der Waals surface area contributed by atoms with E-state index in [1.54, 1.807) is 18.4 Å². The highest BCUT2D eigenvalue weighted by Crippen LogP contribution is 2.35. The van der Waals surface area contributed by atoms with Crippen LogP contribution in [0.4, 0.5) is 0 Å². The number of thioether (sulfide) groups is 1. The van der Waals surface area contributed by atoms with Gasteiger partial charge in [-0.3, -0.25) is 0 Å². The summed E-state index contributed by atoms with van der Waals surface area (Å²) in [7, 11) is 1.64. The molecule has 0 aliphatic heterocycles. The molecule has 4 aromatic rings. The van der Waals surface area contributed by atoms with E-state index in [0.717, 1.165) is 33.1 Å². The van der Waals surface area contributed by atoms with Gasteiger partial charge in [0.25, 0.3) is 5.22 Å². The summed E-state index contributed by atoms with van der Waals surface area (Å²) in [6, 6.07) is 13.8. The summed E-state index contributed by atoms with van der Waals surface area (Å²) in [5.41, 5.74) is 4.02. The lowest BCUT2D eigenvalue weighted by molar-refractivity contribution is 0.311. The second kappa shape index (κ2) is 9.32. The highest BCUT2D eigenvalue weighted by atomic mass is 32.2. The zero-order chi connectivity index (χ0) is 20.9. The number of aromatic nitrogens is 3. The topological polar surface area (TPSA) is 70.3 Å². The predicted octanol–water partition coefficient (Wildman–Crippen LogP) is 5.87. The Balaban J connectivity index is 1.44. The Hall–Kier alpha value is -2.84. The molecule has 0 bridgehead atoms. The SMILES string of the molecule is CCOc1ccc(-c2nc(CSc3nnc(-c4ccccc4C)o3)cs2)cc1OC. The van der Waals surface area contributed by atoms with Gasteiger partial charge in [-0.1, -0.05) is 30.0 Å². The molecule has 4 rings (SSSR count). The second-order valence-corrected chi connectivity index (χ2v) is 8.20. The van der Waals surface area contributed by atoms with E-state index in [1.807, 2.05) is 61.7 Å². The molecule has 0 fully saturated rings. The molecule has 0 spiro atoms. The van der Waals surface area contributed by atoms with Gasteiger partial charge < -0.3 is 13.9 Å². The summed E-state index contributed by atoms with van der Waals surface area (Å²) in [5.74, 6) is 2.63. The van der Waals surface area contributed by atoms with Crippen molar-refractivity contribution in [2.24, 2.45) is 0 Å². The largest absolute Gasteiger partial charge is 0.493 e. The van der Waals surface area contributed by atoms with Crippen LogP contribution in [-0.4, -0.2) is 28.9 Å². The van der Waals surface area contributed by atoms with E-state index in [4.69, 9.17) is 18.9 Å². The van der Waals surface area contributed by atoms with Crippen LogP contribution in [0.5, 0.6) is 11.5 Å². The van der Waals surface area contributed by atoms with Crippen molar-refractivity contribution in [1.82, 2.24) is 15.2 Å². The van der Waals surface area contributed by atoms with E-state index >= 15 is 0 Å². The molecular weight excluding hydrogens is 418 g/mol. The number of thiazole rings is 1. The van der Waals surface area contributed by atoms with E-state index in [1.165, 1.54) is 11.8 Å². The minimum absolute atomic E-state index is 0.533. The molecule has 154 valence electrons. The van der Waals surface area contributed by atoms with Gasteiger partial charge in [0.1, 0.15) is 5.01 Å². The Morgan fingerprint density at radius 2 is 1.97 bits per heavy atom. The van der Waals surface area contributed by atoms with Crippen LogP contribution in [0.1, 0.15) is 18.2 Å². The minimum Gasteiger partial charge on any atom is -0.493 e. The maximum atomic E-state index is 5.82. The molecule has 30 heavy (non-hydrogen) atoms. The molecule has 2 heterocycles. The van der Waals surface area contributed by atoms with Gasteiger partial charge in [0.15, 0.2) is 11.5 Å². The number of nitrogens with zero attached hydrogens (tertiary/aromatic N) is 3. The Kier molecular flexibility index (Phi) is 6.35. The highest BCUT2D eigenvalue weighted by molar-refractivity contribution is 7.98.